The molecule has 0 aliphatic heterocycles. The minimum atomic E-state index is -0.140. The summed E-state index contributed by atoms with van der Waals surface area (Å²) >= 11 is 3.39. The topological polar surface area (TPSA) is 144 Å². The van der Waals surface area contributed by atoms with E-state index in [0.29, 0.717) is 11.5 Å². The van der Waals surface area contributed by atoms with Crippen LogP contribution in [0.2, 0.25) is 0 Å². The van der Waals surface area contributed by atoms with Crippen LogP contribution >= 0.6 is 15.9 Å². The van der Waals surface area contributed by atoms with Crippen molar-refractivity contribution in [2.45, 2.75) is 0 Å². The number of rotatable bonds is 2. The van der Waals surface area contributed by atoms with Gasteiger partial charge in [-0.3, -0.25) is 4.98 Å². The number of aliphatic imine (C=N–C) groups is 2. The lowest BCUT2D eigenvalue weighted by atomic mass is 10.3. The van der Waals surface area contributed by atoms with Gasteiger partial charge < -0.3 is 22.2 Å². The molecular weight excluding hydrogens is 360 g/mol. The molecule has 23 heavy (non-hydrogen) atoms. The number of fused-ring (bicyclic) bond motifs is 1. The molecule has 0 spiro atoms. The smallest absolute Gasteiger partial charge is 0.223 e. The molecule has 0 saturated carbocycles. The largest absolute Gasteiger partial charge is 0.370 e. The molecule has 0 amide bonds. The Balaban J connectivity index is 2.00. The Morgan fingerprint density at radius 1 is 1.13 bits per heavy atom. The van der Waals surface area contributed by atoms with E-state index in [1.54, 1.807) is 18.5 Å². The molecule has 2 aromatic heterocycles. The second-order valence-corrected chi connectivity index (χ2v) is 5.60. The number of nitrogens with two attached hydrogens (primary N) is 3. The van der Waals surface area contributed by atoms with Gasteiger partial charge in [-0.15, -0.1) is 0 Å². The average molecular weight is 373 g/mol. The summed E-state index contributed by atoms with van der Waals surface area (Å²) in [7, 11) is 0. The zero-order valence-electron chi connectivity index (χ0n) is 11.9. The van der Waals surface area contributed by atoms with Crippen molar-refractivity contribution in [1.29, 1.82) is 0 Å². The van der Waals surface area contributed by atoms with Crippen LogP contribution in [-0.2, 0) is 0 Å². The van der Waals surface area contributed by atoms with Crippen LogP contribution in [0.15, 0.2) is 51.1 Å². The molecule has 0 bridgehead atoms. The fourth-order valence-corrected chi connectivity index (χ4v) is 2.40. The molecule has 3 rings (SSSR count). The molecule has 1 aromatic carbocycles. The summed E-state index contributed by atoms with van der Waals surface area (Å²) in [5, 5.41) is 0. The number of aromatic amines is 1. The van der Waals surface area contributed by atoms with Gasteiger partial charge in [-0.25, -0.2) is 9.98 Å². The van der Waals surface area contributed by atoms with Gasteiger partial charge in [0.2, 0.25) is 5.96 Å². The Morgan fingerprint density at radius 3 is 2.70 bits per heavy atom. The van der Waals surface area contributed by atoms with E-state index >= 15 is 0 Å². The van der Waals surface area contributed by atoms with Crippen LogP contribution in [0, 0.1) is 0 Å². The number of imidazole rings is 1. The molecule has 0 unspecified atom stereocenters. The van der Waals surface area contributed by atoms with E-state index in [1.807, 2.05) is 18.2 Å². The van der Waals surface area contributed by atoms with Crippen molar-refractivity contribution in [2.75, 3.05) is 0 Å². The summed E-state index contributed by atoms with van der Waals surface area (Å²) in [6.45, 7) is 0. The van der Waals surface area contributed by atoms with E-state index in [2.05, 4.69) is 40.9 Å². The molecule has 9 heteroatoms. The van der Waals surface area contributed by atoms with Crippen molar-refractivity contribution in [1.82, 2.24) is 15.0 Å². The van der Waals surface area contributed by atoms with Crippen LogP contribution in [0.1, 0.15) is 0 Å². The third-order valence-electron chi connectivity index (χ3n) is 2.93. The maximum Gasteiger partial charge on any atom is 0.223 e. The Hall–Kier alpha value is -2.94. The fourth-order valence-electron chi connectivity index (χ4n) is 2.03. The number of guanidine groups is 2. The normalized spacial score (nSPS) is 11.6. The number of hydrogen-bond donors (Lipinski definition) is 4. The molecular formula is C14H13BrN8. The van der Waals surface area contributed by atoms with E-state index in [1.165, 1.54) is 0 Å². The Morgan fingerprint density at radius 2 is 1.96 bits per heavy atom. The predicted molar refractivity (Wildman–Crippen MR) is 94.1 cm³/mol. The first-order valence-electron chi connectivity index (χ1n) is 6.56. The molecule has 3 aromatic rings. The molecule has 0 aliphatic rings. The number of halogens is 1. The molecule has 0 saturated heterocycles. The number of aromatic nitrogens is 3. The Labute approximate surface area is 139 Å². The van der Waals surface area contributed by atoms with Crippen molar-refractivity contribution >= 4 is 44.6 Å². The second kappa shape index (κ2) is 6.05. The second-order valence-electron chi connectivity index (χ2n) is 4.69. The first kappa shape index (κ1) is 15.0. The molecule has 0 atom stereocenters. The van der Waals surface area contributed by atoms with Crippen LogP contribution in [0.4, 0.5) is 5.69 Å². The molecule has 2 heterocycles. The van der Waals surface area contributed by atoms with Gasteiger partial charge in [-0.1, -0.05) is 0 Å². The van der Waals surface area contributed by atoms with Gasteiger partial charge in [0.25, 0.3) is 0 Å². The number of nitrogens with zero attached hydrogens (tertiary/aromatic N) is 4. The van der Waals surface area contributed by atoms with Crippen molar-refractivity contribution in [3.8, 4) is 11.4 Å². The number of benzene rings is 1. The number of nitrogens with one attached hydrogen (secondary N) is 1. The molecule has 8 nitrogen and oxygen atoms in total. The van der Waals surface area contributed by atoms with E-state index < -0.39 is 0 Å². The molecule has 116 valence electrons. The van der Waals surface area contributed by atoms with Gasteiger partial charge in [-0.05, 0) is 40.2 Å². The van der Waals surface area contributed by atoms with E-state index in [-0.39, 0.29) is 11.9 Å². The van der Waals surface area contributed by atoms with E-state index in [0.717, 1.165) is 21.1 Å². The summed E-state index contributed by atoms with van der Waals surface area (Å²) in [5.74, 6) is 0.561. The molecule has 0 radical (unpaired) electrons. The van der Waals surface area contributed by atoms with Crippen LogP contribution in [0.25, 0.3) is 22.4 Å². The van der Waals surface area contributed by atoms with Gasteiger partial charge in [0.15, 0.2) is 5.96 Å². The first-order valence-corrected chi connectivity index (χ1v) is 7.35. The zero-order valence-corrected chi connectivity index (χ0v) is 13.4. The fraction of sp³-hybridized carbons (Fsp3) is 0. The monoisotopic (exact) mass is 372 g/mol. The predicted octanol–water partition coefficient (Wildman–Crippen LogP) is 1.61. The van der Waals surface area contributed by atoms with Crippen molar-refractivity contribution in [2.24, 2.45) is 27.2 Å². The summed E-state index contributed by atoms with van der Waals surface area (Å²) in [6.07, 6.45) is 3.45. The standard InChI is InChI=1S/C14H13BrN8/c15-8-3-7(5-19-6-8)12-21-10-2-1-9(4-11(10)22-12)20-14(18)23-13(16)17/h1-6H,(H,21,22)(H6,16,17,18,20,23). The van der Waals surface area contributed by atoms with Gasteiger partial charge in [-0.2, -0.15) is 4.99 Å². The lowest BCUT2D eigenvalue weighted by Crippen LogP contribution is -2.26. The minimum absolute atomic E-state index is 0.0136. The van der Waals surface area contributed by atoms with Crippen LogP contribution in [0.3, 0.4) is 0 Å². The minimum Gasteiger partial charge on any atom is -0.370 e. The quantitative estimate of drug-likeness (QED) is 0.398. The highest BCUT2D eigenvalue weighted by Gasteiger charge is 2.07. The molecule has 7 N–H and O–H groups in total. The van der Waals surface area contributed by atoms with Crippen LogP contribution in [0.5, 0.6) is 0 Å². The number of hydrogen-bond acceptors (Lipinski definition) is 3. The maximum absolute atomic E-state index is 5.63. The van der Waals surface area contributed by atoms with E-state index in [9.17, 15) is 0 Å². The number of pyridine rings is 1. The van der Waals surface area contributed by atoms with Crippen molar-refractivity contribution in [3.05, 3.63) is 41.1 Å². The van der Waals surface area contributed by atoms with Crippen molar-refractivity contribution in [3.63, 3.8) is 0 Å². The molecule has 0 aliphatic carbocycles. The molecule has 0 fully saturated rings. The third kappa shape index (κ3) is 3.46. The highest BCUT2D eigenvalue weighted by molar-refractivity contribution is 9.10. The lowest BCUT2D eigenvalue weighted by molar-refractivity contribution is 1.26. The van der Waals surface area contributed by atoms with Crippen LogP contribution < -0.4 is 17.2 Å². The number of H-pyrrole nitrogens is 1. The summed E-state index contributed by atoms with van der Waals surface area (Å²) < 4.78 is 0.880. The van der Waals surface area contributed by atoms with Gasteiger partial charge in [0, 0.05) is 22.4 Å². The highest BCUT2D eigenvalue weighted by Crippen LogP contribution is 2.25. The SMILES string of the molecule is NC(N)=NC(N)=Nc1ccc2nc(-c3cncc(Br)c3)[nH]c2c1. The Kier molecular flexibility index (Phi) is 3.94. The average Bonchev–Trinajstić information content (AvgIpc) is 2.89. The maximum atomic E-state index is 5.63. The summed E-state index contributed by atoms with van der Waals surface area (Å²) in [5.41, 5.74) is 19.3. The third-order valence-corrected chi connectivity index (χ3v) is 3.36. The summed E-state index contributed by atoms with van der Waals surface area (Å²) in [6, 6.07) is 7.36. The lowest BCUT2D eigenvalue weighted by Gasteiger charge is -1.96. The Bertz CT molecular complexity index is 923. The van der Waals surface area contributed by atoms with Crippen molar-refractivity contribution < 1.29 is 0 Å². The van der Waals surface area contributed by atoms with Crippen LogP contribution in [-0.4, -0.2) is 26.9 Å². The first-order chi connectivity index (χ1) is 11.0. The van der Waals surface area contributed by atoms with Gasteiger partial charge in [0.1, 0.15) is 5.82 Å². The summed E-state index contributed by atoms with van der Waals surface area (Å²) in [4.78, 5) is 19.7. The highest BCUT2D eigenvalue weighted by atomic mass is 79.9. The zero-order chi connectivity index (χ0) is 16.4. The van der Waals surface area contributed by atoms with Gasteiger partial charge >= 0.3 is 0 Å². The van der Waals surface area contributed by atoms with E-state index in [4.69, 9.17) is 17.2 Å². The van der Waals surface area contributed by atoms with Gasteiger partial charge in [0.05, 0.1) is 16.7 Å².